The highest BCUT2D eigenvalue weighted by molar-refractivity contribution is 7.71. The van der Waals surface area contributed by atoms with E-state index >= 15 is 0 Å². The Kier molecular flexibility index (Phi) is 4.65. The topological polar surface area (TPSA) is 80.5 Å². The molecule has 8 heteroatoms. The maximum absolute atomic E-state index is 12.7. The number of aromatic nitrogens is 5. The first kappa shape index (κ1) is 17.7. The molecule has 2 heterocycles. The normalized spacial score (nSPS) is 14.9. The van der Waals surface area contributed by atoms with Crippen molar-refractivity contribution in [1.82, 2.24) is 24.5 Å². The van der Waals surface area contributed by atoms with Gasteiger partial charge in [0.2, 0.25) is 5.91 Å². The van der Waals surface area contributed by atoms with Gasteiger partial charge in [-0.15, -0.1) is 0 Å². The van der Waals surface area contributed by atoms with Gasteiger partial charge < -0.3 is 5.32 Å². The van der Waals surface area contributed by atoms with Crippen LogP contribution in [0.15, 0.2) is 36.5 Å². The molecule has 1 atom stereocenters. The molecular formula is C19H22N6OS. The van der Waals surface area contributed by atoms with Crippen LogP contribution >= 0.6 is 12.2 Å². The lowest BCUT2D eigenvalue weighted by molar-refractivity contribution is -0.116. The first-order valence-electron chi connectivity index (χ1n) is 9.08. The minimum absolute atomic E-state index is 0.0849. The summed E-state index contributed by atoms with van der Waals surface area (Å²) in [6, 6.07) is 10.1. The lowest BCUT2D eigenvalue weighted by Gasteiger charge is -2.15. The Morgan fingerprint density at radius 2 is 2.22 bits per heavy atom. The van der Waals surface area contributed by atoms with Gasteiger partial charge in [0.05, 0.1) is 12.2 Å². The van der Waals surface area contributed by atoms with Gasteiger partial charge in [-0.25, -0.2) is 4.68 Å². The van der Waals surface area contributed by atoms with Crippen molar-refractivity contribution in [3.63, 3.8) is 0 Å². The summed E-state index contributed by atoms with van der Waals surface area (Å²) in [5.74, 6) is 1.85. The first-order chi connectivity index (χ1) is 13.0. The van der Waals surface area contributed by atoms with Crippen LogP contribution in [0.4, 0.5) is 5.82 Å². The molecule has 0 saturated heterocycles. The molecule has 0 aliphatic heterocycles. The summed E-state index contributed by atoms with van der Waals surface area (Å²) in [5.41, 5.74) is 2.04. The second-order valence-electron chi connectivity index (χ2n) is 7.10. The highest BCUT2D eigenvalue weighted by Crippen LogP contribution is 2.40. The zero-order valence-corrected chi connectivity index (χ0v) is 16.2. The molecule has 27 heavy (non-hydrogen) atoms. The summed E-state index contributed by atoms with van der Waals surface area (Å²) in [6.07, 6.45) is 4.16. The van der Waals surface area contributed by atoms with Crippen molar-refractivity contribution < 1.29 is 4.79 Å². The Morgan fingerprint density at radius 1 is 1.41 bits per heavy atom. The van der Waals surface area contributed by atoms with E-state index in [1.807, 2.05) is 41.9 Å². The molecule has 1 aromatic carbocycles. The summed E-state index contributed by atoms with van der Waals surface area (Å²) >= 11 is 5.33. The van der Waals surface area contributed by atoms with E-state index in [-0.39, 0.29) is 18.5 Å². The Hall–Kier alpha value is -2.74. The first-order valence-corrected chi connectivity index (χ1v) is 9.49. The number of rotatable bonds is 6. The number of carbonyl (C=O) groups excluding carboxylic acids is 1. The molecular weight excluding hydrogens is 360 g/mol. The van der Waals surface area contributed by atoms with Crippen LogP contribution in [-0.2, 0) is 11.3 Å². The number of amides is 1. The minimum Gasteiger partial charge on any atom is -0.309 e. The molecule has 1 unspecified atom stereocenters. The van der Waals surface area contributed by atoms with Crippen molar-refractivity contribution in [2.24, 2.45) is 5.92 Å². The summed E-state index contributed by atoms with van der Waals surface area (Å²) in [5, 5.41) is 14.4. The number of aromatic amines is 1. The Labute approximate surface area is 162 Å². The third-order valence-electron chi connectivity index (χ3n) is 4.96. The molecule has 0 radical (unpaired) electrons. The molecule has 3 aromatic rings. The van der Waals surface area contributed by atoms with Crippen LogP contribution in [0, 0.1) is 17.6 Å². The average molecular weight is 382 g/mol. The number of hydrogen-bond acceptors (Lipinski definition) is 4. The number of anilines is 1. The maximum Gasteiger partial charge on any atom is 0.245 e. The van der Waals surface area contributed by atoms with Gasteiger partial charge >= 0.3 is 0 Å². The number of nitrogens with one attached hydrogen (secondary N) is 2. The van der Waals surface area contributed by atoms with Crippen LogP contribution < -0.4 is 5.32 Å². The largest absolute Gasteiger partial charge is 0.309 e. The van der Waals surface area contributed by atoms with Crippen molar-refractivity contribution in [3.8, 4) is 11.4 Å². The number of hydrogen-bond donors (Lipinski definition) is 2. The summed E-state index contributed by atoms with van der Waals surface area (Å²) in [4.78, 5) is 12.7. The van der Waals surface area contributed by atoms with E-state index in [9.17, 15) is 4.79 Å². The Morgan fingerprint density at radius 3 is 2.96 bits per heavy atom. The van der Waals surface area contributed by atoms with E-state index in [1.54, 1.807) is 10.8 Å². The number of nitrogens with zero attached hydrogens (tertiary/aromatic N) is 4. The predicted octanol–water partition coefficient (Wildman–Crippen LogP) is 3.72. The van der Waals surface area contributed by atoms with Gasteiger partial charge in [-0.1, -0.05) is 23.8 Å². The molecule has 1 saturated carbocycles. The zero-order valence-electron chi connectivity index (χ0n) is 15.3. The van der Waals surface area contributed by atoms with E-state index in [1.165, 1.54) is 12.8 Å². The third kappa shape index (κ3) is 3.71. The van der Waals surface area contributed by atoms with Crippen molar-refractivity contribution in [1.29, 1.82) is 0 Å². The van der Waals surface area contributed by atoms with Crippen LogP contribution in [0.5, 0.6) is 0 Å². The van der Waals surface area contributed by atoms with Crippen LogP contribution in [0.25, 0.3) is 11.4 Å². The predicted molar refractivity (Wildman–Crippen MR) is 106 cm³/mol. The zero-order chi connectivity index (χ0) is 19.0. The van der Waals surface area contributed by atoms with Gasteiger partial charge in [-0.05, 0) is 50.9 Å². The molecule has 1 aliphatic rings. The van der Waals surface area contributed by atoms with Gasteiger partial charge in [0.1, 0.15) is 12.4 Å². The molecule has 7 nitrogen and oxygen atoms in total. The van der Waals surface area contributed by atoms with E-state index in [2.05, 4.69) is 27.5 Å². The van der Waals surface area contributed by atoms with Crippen LogP contribution in [0.1, 0.15) is 31.4 Å². The molecule has 140 valence electrons. The van der Waals surface area contributed by atoms with Crippen molar-refractivity contribution in [2.45, 2.75) is 39.3 Å². The Bertz CT molecular complexity index is 1030. The SMILES string of the molecule is Cc1cccc(-c2n[nH]c(=S)n2CC(=O)Nc2ccnn2C(C)C2CC2)c1. The monoisotopic (exact) mass is 382 g/mol. The number of H-pyrrole nitrogens is 1. The van der Waals surface area contributed by atoms with E-state index in [0.29, 0.717) is 22.3 Å². The highest BCUT2D eigenvalue weighted by Gasteiger charge is 2.30. The maximum atomic E-state index is 12.7. The molecule has 1 amide bonds. The van der Waals surface area contributed by atoms with E-state index in [0.717, 1.165) is 11.1 Å². The van der Waals surface area contributed by atoms with Crippen molar-refractivity contribution in [2.75, 3.05) is 5.32 Å². The highest BCUT2D eigenvalue weighted by atomic mass is 32.1. The Balaban J connectivity index is 1.54. The van der Waals surface area contributed by atoms with Gasteiger partial charge in [0, 0.05) is 11.6 Å². The number of benzene rings is 1. The lowest BCUT2D eigenvalue weighted by atomic mass is 10.1. The van der Waals surface area contributed by atoms with E-state index in [4.69, 9.17) is 12.2 Å². The molecule has 1 fully saturated rings. The minimum atomic E-state index is -0.161. The number of aryl methyl sites for hydroxylation is 1. The van der Waals surface area contributed by atoms with E-state index < -0.39 is 0 Å². The third-order valence-corrected chi connectivity index (χ3v) is 5.28. The summed E-state index contributed by atoms with van der Waals surface area (Å²) in [7, 11) is 0. The molecule has 0 bridgehead atoms. The molecule has 2 aromatic heterocycles. The molecule has 0 spiro atoms. The average Bonchev–Trinajstić information content (AvgIpc) is 3.30. The van der Waals surface area contributed by atoms with Crippen LogP contribution in [0.3, 0.4) is 0 Å². The fraction of sp³-hybridized carbons (Fsp3) is 0.368. The van der Waals surface area contributed by atoms with Crippen molar-refractivity contribution in [3.05, 3.63) is 46.9 Å². The lowest BCUT2D eigenvalue weighted by Crippen LogP contribution is -2.22. The molecule has 1 aliphatic carbocycles. The van der Waals surface area contributed by atoms with Crippen LogP contribution in [-0.4, -0.2) is 30.5 Å². The molecule has 2 N–H and O–H groups in total. The second kappa shape index (κ2) is 7.11. The van der Waals surface area contributed by atoms with Crippen LogP contribution in [0.2, 0.25) is 0 Å². The van der Waals surface area contributed by atoms with Gasteiger partial charge in [0.25, 0.3) is 0 Å². The second-order valence-corrected chi connectivity index (χ2v) is 7.48. The quantitative estimate of drug-likeness (QED) is 0.637. The summed E-state index contributed by atoms with van der Waals surface area (Å²) in [6.45, 7) is 4.24. The fourth-order valence-electron chi connectivity index (χ4n) is 3.31. The van der Waals surface area contributed by atoms with Gasteiger partial charge in [0.15, 0.2) is 10.6 Å². The fourth-order valence-corrected chi connectivity index (χ4v) is 3.51. The summed E-state index contributed by atoms with van der Waals surface area (Å²) < 4.78 is 4.03. The standard InChI is InChI=1S/C19H22N6OS/c1-12-4-3-5-15(10-12)18-22-23-19(27)24(18)11-17(26)21-16-8-9-20-25(16)13(2)14-6-7-14/h3-5,8-10,13-14H,6-7,11H2,1-2H3,(H,21,26)(H,23,27). The van der Waals surface area contributed by atoms with Gasteiger partial charge in [-0.3, -0.25) is 14.5 Å². The number of carbonyl (C=O) groups is 1. The smallest absolute Gasteiger partial charge is 0.245 e. The molecule has 4 rings (SSSR count). The van der Waals surface area contributed by atoms with Crippen molar-refractivity contribution >= 4 is 23.9 Å². The van der Waals surface area contributed by atoms with Gasteiger partial charge in [-0.2, -0.15) is 10.2 Å².